The van der Waals surface area contributed by atoms with Crippen LogP contribution in [0.3, 0.4) is 0 Å². The Morgan fingerprint density at radius 3 is 2.21 bits per heavy atom. The Balaban J connectivity index is 3.50. The molecule has 0 aromatic carbocycles. The number of aromatic nitrogens is 2. The van der Waals surface area contributed by atoms with Crippen LogP contribution in [0, 0.1) is 0 Å². The molecule has 4 nitrogen and oxygen atoms in total. The van der Waals surface area contributed by atoms with Crippen molar-refractivity contribution in [3.05, 3.63) is 11.9 Å². The van der Waals surface area contributed by atoms with E-state index in [0.29, 0.717) is 6.20 Å². The second-order valence-corrected chi connectivity index (χ2v) is 3.73. The first-order chi connectivity index (χ1) is 6.14. The minimum absolute atomic E-state index is 0.256. The molecule has 0 aliphatic carbocycles. The zero-order chi connectivity index (χ0) is 11.1. The van der Waals surface area contributed by atoms with Gasteiger partial charge >= 0.3 is 16.4 Å². The maximum absolute atomic E-state index is 12.3. The smallest absolute Gasteiger partial charge is 0.262 e. The highest BCUT2D eigenvalue weighted by Crippen LogP contribution is 2.34. The maximum Gasteiger partial charge on any atom is 0.434 e. The molecule has 0 fully saturated rings. The minimum Gasteiger partial charge on any atom is -0.262 e. The molecule has 0 spiro atoms. The molecule has 1 aromatic heterocycles. The lowest BCUT2D eigenvalue weighted by atomic mass is 10.4. The first-order valence-electron chi connectivity index (χ1n) is 3.18. The van der Waals surface area contributed by atoms with Crippen molar-refractivity contribution >= 4 is 10.2 Å². The minimum atomic E-state index is -5.40. The van der Waals surface area contributed by atoms with Crippen molar-refractivity contribution in [2.24, 2.45) is 7.05 Å². The summed E-state index contributed by atoms with van der Waals surface area (Å²) in [4.78, 5) is -1.47. The Kier molecular flexibility index (Phi) is 2.30. The highest BCUT2D eigenvalue weighted by molar-refractivity contribution is 7.86. The molecule has 1 heterocycles. The molecule has 0 unspecified atom stereocenters. The van der Waals surface area contributed by atoms with Crippen molar-refractivity contribution in [3.8, 4) is 0 Å². The number of alkyl halides is 3. The summed E-state index contributed by atoms with van der Waals surface area (Å²) >= 11 is 0. The van der Waals surface area contributed by atoms with E-state index in [1.54, 1.807) is 0 Å². The van der Waals surface area contributed by atoms with Crippen LogP contribution < -0.4 is 0 Å². The van der Waals surface area contributed by atoms with Gasteiger partial charge in [-0.3, -0.25) is 4.68 Å². The molecule has 1 aromatic rings. The Morgan fingerprint density at radius 1 is 1.43 bits per heavy atom. The van der Waals surface area contributed by atoms with Crippen LogP contribution in [0.25, 0.3) is 0 Å². The Labute approximate surface area is 76.4 Å². The standard InChI is InChI=1S/C5H4F4N2O2S/c1-11-4(5(6,7)8)3(2-10-11)14(9,12)13/h2H,1H3. The van der Waals surface area contributed by atoms with Gasteiger partial charge in [0.25, 0.3) is 0 Å². The van der Waals surface area contributed by atoms with Crippen molar-refractivity contribution in [2.45, 2.75) is 11.1 Å². The van der Waals surface area contributed by atoms with E-state index in [9.17, 15) is 25.5 Å². The summed E-state index contributed by atoms with van der Waals surface area (Å²) in [5.41, 5.74) is -1.62. The van der Waals surface area contributed by atoms with Gasteiger partial charge in [0.2, 0.25) is 0 Å². The summed E-state index contributed by atoms with van der Waals surface area (Å²) in [6, 6.07) is 0. The van der Waals surface area contributed by atoms with E-state index in [-0.39, 0.29) is 4.68 Å². The van der Waals surface area contributed by atoms with Crippen LogP contribution in [0.1, 0.15) is 5.69 Å². The summed E-state index contributed by atoms with van der Waals surface area (Å²) in [7, 11) is -4.53. The fourth-order valence-corrected chi connectivity index (χ4v) is 1.57. The van der Waals surface area contributed by atoms with E-state index in [4.69, 9.17) is 0 Å². The first-order valence-corrected chi connectivity index (χ1v) is 4.56. The van der Waals surface area contributed by atoms with Crippen LogP contribution >= 0.6 is 0 Å². The normalized spacial score (nSPS) is 13.2. The topological polar surface area (TPSA) is 52.0 Å². The average Bonchev–Trinajstić information content (AvgIpc) is 2.27. The molecular weight excluding hydrogens is 228 g/mol. The predicted molar refractivity (Wildman–Crippen MR) is 36.5 cm³/mol. The van der Waals surface area contributed by atoms with E-state index >= 15 is 0 Å². The molecule has 0 atom stereocenters. The summed E-state index contributed by atoms with van der Waals surface area (Å²) in [6.45, 7) is 0. The van der Waals surface area contributed by atoms with Crippen molar-refractivity contribution < 1.29 is 25.5 Å². The fraction of sp³-hybridized carbons (Fsp3) is 0.400. The Bertz CT molecular complexity index is 447. The van der Waals surface area contributed by atoms with Gasteiger partial charge in [-0.15, -0.1) is 3.89 Å². The molecule has 0 aliphatic rings. The molecule has 0 N–H and O–H groups in total. The van der Waals surface area contributed by atoms with Crippen molar-refractivity contribution in [1.82, 2.24) is 9.78 Å². The van der Waals surface area contributed by atoms with Gasteiger partial charge in [-0.2, -0.15) is 26.7 Å². The summed E-state index contributed by atoms with van der Waals surface area (Å²) in [5.74, 6) is 0. The number of hydrogen-bond acceptors (Lipinski definition) is 3. The lowest BCUT2D eigenvalue weighted by molar-refractivity contribution is -0.146. The van der Waals surface area contributed by atoms with Gasteiger partial charge in [0, 0.05) is 7.05 Å². The van der Waals surface area contributed by atoms with E-state index in [2.05, 4.69) is 5.10 Å². The molecule has 14 heavy (non-hydrogen) atoms. The van der Waals surface area contributed by atoms with Crippen LogP contribution in [0.4, 0.5) is 17.1 Å². The zero-order valence-corrected chi connectivity index (χ0v) is 7.52. The summed E-state index contributed by atoms with van der Waals surface area (Å²) in [6.07, 6.45) is -4.64. The van der Waals surface area contributed by atoms with Crippen LogP contribution in [0.15, 0.2) is 11.1 Å². The lowest BCUT2D eigenvalue weighted by Crippen LogP contribution is -2.15. The maximum atomic E-state index is 12.3. The zero-order valence-electron chi connectivity index (χ0n) is 6.71. The number of rotatable bonds is 1. The number of aryl methyl sites for hydroxylation is 1. The van der Waals surface area contributed by atoms with Gasteiger partial charge in [-0.05, 0) is 0 Å². The summed E-state index contributed by atoms with van der Waals surface area (Å²) < 4.78 is 69.7. The van der Waals surface area contributed by atoms with Crippen LogP contribution in [0.5, 0.6) is 0 Å². The third-order valence-electron chi connectivity index (χ3n) is 1.44. The largest absolute Gasteiger partial charge is 0.434 e. The predicted octanol–water partition coefficient (Wildman–Crippen LogP) is 1.10. The van der Waals surface area contributed by atoms with Crippen molar-refractivity contribution in [2.75, 3.05) is 0 Å². The van der Waals surface area contributed by atoms with E-state index in [1.165, 1.54) is 0 Å². The third-order valence-corrected chi connectivity index (χ3v) is 2.26. The molecule has 0 aliphatic heterocycles. The summed E-state index contributed by atoms with van der Waals surface area (Å²) in [5, 5.41) is 3.03. The molecule has 1 rings (SSSR count). The third kappa shape index (κ3) is 1.86. The Hall–Kier alpha value is -1.12. The fourth-order valence-electron chi connectivity index (χ4n) is 0.919. The van der Waals surface area contributed by atoms with Gasteiger partial charge in [0.15, 0.2) is 5.69 Å². The van der Waals surface area contributed by atoms with Crippen LogP contribution in [-0.2, 0) is 23.4 Å². The van der Waals surface area contributed by atoms with Crippen LogP contribution in [0.2, 0.25) is 0 Å². The molecule has 0 saturated carbocycles. The van der Waals surface area contributed by atoms with E-state index in [1.807, 2.05) is 0 Å². The molecule has 80 valence electrons. The van der Waals surface area contributed by atoms with Gasteiger partial charge < -0.3 is 0 Å². The van der Waals surface area contributed by atoms with Gasteiger partial charge in [-0.1, -0.05) is 0 Å². The first kappa shape index (κ1) is 11.0. The number of nitrogens with zero attached hydrogens (tertiary/aromatic N) is 2. The quantitative estimate of drug-likeness (QED) is 0.538. The number of hydrogen-bond donors (Lipinski definition) is 0. The molecule has 0 amide bonds. The number of halogens is 4. The van der Waals surface area contributed by atoms with E-state index in [0.717, 1.165) is 7.05 Å². The molecule has 9 heteroatoms. The molecule has 0 saturated heterocycles. The highest BCUT2D eigenvalue weighted by Gasteiger charge is 2.41. The second-order valence-electron chi connectivity index (χ2n) is 2.42. The molecule has 0 bridgehead atoms. The highest BCUT2D eigenvalue weighted by atomic mass is 32.3. The molecular formula is C5H4F4N2O2S. The monoisotopic (exact) mass is 232 g/mol. The van der Waals surface area contributed by atoms with Gasteiger partial charge in [-0.25, -0.2) is 0 Å². The van der Waals surface area contributed by atoms with E-state index < -0.39 is 27.0 Å². The average molecular weight is 232 g/mol. The lowest BCUT2D eigenvalue weighted by Gasteiger charge is -2.07. The van der Waals surface area contributed by atoms with Crippen molar-refractivity contribution in [1.29, 1.82) is 0 Å². The second kappa shape index (κ2) is 2.94. The SMILES string of the molecule is Cn1ncc(S(=O)(=O)F)c1C(F)(F)F. The Morgan fingerprint density at radius 2 is 1.93 bits per heavy atom. The molecule has 0 radical (unpaired) electrons. The van der Waals surface area contributed by atoms with Gasteiger partial charge in [0.1, 0.15) is 4.90 Å². The van der Waals surface area contributed by atoms with Crippen molar-refractivity contribution in [3.63, 3.8) is 0 Å². The van der Waals surface area contributed by atoms with Crippen LogP contribution in [-0.4, -0.2) is 18.2 Å². The van der Waals surface area contributed by atoms with Gasteiger partial charge in [0.05, 0.1) is 6.20 Å².